The summed E-state index contributed by atoms with van der Waals surface area (Å²) in [6.07, 6.45) is 0. The second-order valence-electron chi connectivity index (χ2n) is 31.1. The average molecular weight is 1840 g/mol. The summed E-state index contributed by atoms with van der Waals surface area (Å²) in [6.45, 7) is 0. The fraction of sp³-hybridized carbons (Fsp3) is 0. The summed E-state index contributed by atoms with van der Waals surface area (Å²) in [4.78, 5) is 174. The highest BCUT2D eigenvalue weighted by atomic mass is 16.2. The van der Waals surface area contributed by atoms with E-state index >= 15 is 0 Å². The number of benzene rings is 18. The number of rotatable bonds is 3. The second-order valence-corrected chi connectivity index (χ2v) is 31.1. The lowest BCUT2D eigenvalue weighted by molar-refractivity contribution is 1.30. The van der Waals surface area contributed by atoms with Gasteiger partial charge in [-0.1, -0.05) is 145 Å². The third kappa shape index (κ3) is 10.4. The van der Waals surface area contributed by atoms with Crippen LogP contribution in [0.5, 0.6) is 0 Å². The number of para-hydroxylation sites is 12. The predicted molar refractivity (Wildman–Crippen MR) is 561 cm³/mol. The van der Waals surface area contributed by atoms with E-state index in [0.717, 1.165) is 32.5 Å². The molecule has 0 N–H and O–H groups in total. The zero-order chi connectivity index (χ0) is 144. The van der Waals surface area contributed by atoms with Crippen LogP contribution in [-0.2, 0) is 0 Å². The fourth-order valence-electron chi connectivity index (χ4n) is 18.3. The Hall–Kier alpha value is -19.2. The Labute approximate surface area is 854 Å². The van der Waals surface area contributed by atoms with Crippen molar-refractivity contribution in [2.24, 2.45) is 0 Å². The first-order valence-electron chi connectivity index (χ1n) is 69.8. The lowest BCUT2D eigenvalue weighted by atomic mass is 9.95. The molecule has 0 unspecified atom stereocenters. The van der Waals surface area contributed by atoms with Crippen molar-refractivity contribution in [3.8, 4) is 33.4 Å². The Morgan fingerprint density at radius 1 is 0.130 bits per heavy atom. The topological polar surface area (TPSA) is 231 Å². The Morgan fingerprint density at radius 3 is 0.572 bits per heavy atom. The average Bonchev–Trinajstić information content (AvgIpc) is 0.618. The van der Waals surface area contributed by atoms with Crippen LogP contribution in [0.15, 0.2) is 420 Å². The Morgan fingerprint density at radius 2 is 0.297 bits per heavy atom. The van der Waals surface area contributed by atoms with Crippen molar-refractivity contribution in [3.05, 3.63) is 485 Å². The van der Waals surface area contributed by atoms with Crippen LogP contribution in [-0.4, -0.2) is 26.4 Å². The maximum atomic E-state index is 14.8. The lowest BCUT2D eigenvalue weighted by Crippen LogP contribution is -2.14. The van der Waals surface area contributed by atoms with E-state index in [2.05, 4.69) is 0 Å². The van der Waals surface area contributed by atoms with Crippen molar-refractivity contribution in [2.75, 3.05) is 0 Å². The van der Waals surface area contributed by atoms with Crippen molar-refractivity contribution in [3.63, 3.8) is 0 Å². The molecule has 0 aliphatic carbocycles. The van der Waals surface area contributed by atoms with E-state index in [1.54, 1.807) is 0 Å². The largest absolute Gasteiger partial charge is 0.308 e. The Balaban J connectivity index is 0.000000135. The molecule has 30 aromatic rings. The molecule has 12 aromatic heterocycles. The summed E-state index contributed by atoms with van der Waals surface area (Å²) in [7, 11) is 0. The third-order valence-electron chi connectivity index (χ3n) is 24.2. The predicted octanol–water partition coefficient (Wildman–Crippen LogP) is 21.5. The van der Waals surface area contributed by atoms with E-state index in [1.807, 2.05) is 0 Å². The smallest absolute Gasteiger partial charge is 0.197 e. The zero-order valence-electron chi connectivity index (χ0n) is 127. The molecule has 138 heavy (non-hydrogen) atoms. The van der Waals surface area contributed by atoms with Crippen LogP contribution in [0.1, 0.15) is 82.3 Å². The molecule has 18 aromatic carbocycles. The molecule has 0 aliphatic rings. The first-order chi connectivity index (χ1) is 92.1. The number of aromatic nitrogens is 6. The van der Waals surface area contributed by atoms with Crippen molar-refractivity contribution in [2.45, 2.75) is 0 Å². The summed E-state index contributed by atoms with van der Waals surface area (Å²) < 4.78 is 525. The van der Waals surface area contributed by atoms with Gasteiger partial charge in [0.15, 0.2) is 65.1 Å². The van der Waals surface area contributed by atoms with Crippen LogP contribution < -0.4 is 65.1 Å². The molecule has 0 spiro atoms. The summed E-state index contributed by atoms with van der Waals surface area (Å²) in [5.74, 6) is 0. The van der Waals surface area contributed by atoms with Gasteiger partial charge >= 0.3 is 0 Å². The summed E-state index contributed by atoms with van der Waals surface area (Å²) in [5.41, 5.74) is -33.1. The molecule has 0 saturated carbocycles. The van der Waals surface area contributed by atoms with Gasteiger partial charge in [0.1, 0.15) is 0 Å². The number of hydrogen-bond donors (Lipinski definition) is 0. The van der Waals surface area contributed by atoms with Gasteiger partial charge < -0.3 is 26.4 Å². The first kappa shape index (κ1) is 39.3. The van der Waals surface area contributed by atoms with E-state index in [1.165, 1.54) is 0 Å². The molecule has 18 nitrogen and oxygen atoms in total. The van der Waals surface area contributed by atoms with E-state index in [4.69, 9.17) is 60.3 Å². The van der Waals surface area contributed by atoms with Crippen LogP contribution in [0.4, 0.5) is 0 Å². The van der Waals surface area contributed by atoms with Crippen molar-refractivity contribution < 1.29 is 82.3 Å². The van der Waals surface area contributed by atoms with Crippen molar-refractivity contribution in [1.82, 2.24) is 26.4 Å². The molecule has 0 amide bonds. The molecule has 0 atom stereocenters. The lowest BCUT2D eigenvalue weighted by Gasteiger charge is -2.17. The van der Waals surface area contributed by atoms with E-state index in [-0.39, 0.29) is 1.43 Å². The highest BCUT2D eigenvalue weighted by molar-refractivity contribution is 6.17. The Bertz CT molecular complexity index is 15400. The van der Waals surface area contributed by atoms with E-state index < -0.39 is 684 Å². The SMILES string of the molecule is [2HH].[2H]c1c(-c2c([2H])c([2H])c3c(=O)c4c([2H])c([2H])c([2H])c5c(=O)c6c([2H])c([2H])c([2H])c([2H])c6n(c3c2[2H])c54)cc2c(c1[2H])c(=O)c1c([2H])c([2H])c([2H])c3c(=O)c4c([2H])c([2H])c([2H])c([2H])c4n2c13.[2H]c1c([2H])c([2H])c2c(c1[2H])c(=O)c1c([2H])c(-c3c([2H])c([2H])c4c(=O)c5c([2H])c([2H])c([2H])c6c(=O)c7c([2H])c([2H])c([2H])c([2H])c7n(c4c3[2H])c65)c([2H])c3c(=O)c4c([2H])c([2H])c([2H])c([2H])c4n2c13.[2H]c1c([2H])c([2H])c2c(c1[2H])c(=O)c1c([2H])c([2H])c([2H])c3c(=O)c4c([2H])c(-c5c([2H])c6c(=O)c7c([2H])c([2H])c([2H])c([2H])c7n7c8c([2H])c([2H])c([2H])c([2H])c8c(=O)c(c5[2H])c67)c([2H])c([2H])c4n2c13. The molecule has 30 rings (SSSR count). The molecule has 0 saturated heterocycles. The van der Waals surface area contributed by atoms with E-state index in [9.17, 15) is 78.1 Å². The third-order valence-corrected chi connectivity index (χ3v) is 24.2. The number of pyridine rings is 12. The van der Waals surface area contributed by atoms with Crippen LogP contribution in [0.3, 0.4) is 0 Å². The minimum absolute atomic E-state index is 0. The number of nitrogens with zero attached hydrogens (tertiary/aromatic N) is 6. The van der Waals surface area contributed by atoms with Gasteiger partial charge in [-0.05, 0) is 251 Å². The molecular formula is C120H62N6O12. The van der Waals surface area contributed by atoms with Crippen LogP contribution in [0, 0.1) is 0 Å². The summed E-state index contributed by atoms with van der Waals surface area (Å²) in [6, 6.07) is -55.6. The van der Waals surface area contributed by atoms with Gasteiger partial charge in [0.25, 0.3) is 0 Å². The van der Waals surface area contributed by atoms with Crippen LogP contribution in [0.2, 0.25) is 0 Å². The van der Waals surface area contributed by atoms with Gasteiger partial charge in [-0.3, -0.25) is 57.5 Å². The molecule has 0 bridgehead atoms. The molecule has 0 fully saturated rings. The normalized spacial score (nSPS) is 18.2. The van der Waals surface area contributed by atoms with Gasteiger partial charge in [0.2, 0.25) is 0 Å². The standard InChI is InChI=1S/3C40H20N2O4.H2/c43-37-23-8-1-6-15-33(23)42-34-20-21(16-17-26(34)38(44)28-12-7-11-27(37)35(28)42)22-18-29-36-30(19-22)40(46)25-10-3-5-14-32(25)41(36)31-13-4-2-9-24(31)39(29)45;43-37-23-8-1-4-13-31(23)42-34-17-16-21(18-28(34)40(46)27-12-7-11-26(37)35(27)42)22-19-29-36-30(20-22)39(45)25-10-3-6-15-33(25)41(36)32-14-5-2-9-24(32)38(29)44;43-37-23-7-1-3-13-31(23)41-33-19-21(15-17-25(33)39(45)29-11-5-9-27(37)35(29)41)22-16-18-26-34(20-22)42-32-14-4-2-8-24(32)38(44)28-10-6-12-30(36(28)42)40(26)46;/h3*1-20H;1H/i2*1D,2D,3D,4D,5D,6D,7D,8D,9D,10D,11D,12D,13D,14D,15D,16D,17D,18D,19D,20D;1D,2D,3D,4D,5D,6D,7D,8D,9D,10D,11D,12D,13D,14D,15D,16D,17D,18D,19D;1+1. The van der Waals surface area contributed by atoms with Crippen molar-refractivity contribution in [1.29, 1.82) is 0 Å². The number of hydrogen-bond acceptors (Lipinski definition) is 12. The maximum Gasteiger partial charge on any atom is 0.197 e. The van der Waals surface area contributed by atoms with Gasteiger partial charge in [0.05, 0.1) is 180 Å². The first-order valence-corrected chi connectivity index (χ1v) is 40.3. The highest BCUT2D eigenvalue weighted by Gasteiger charge is 2.28. The maximum absolute atomic E-state index is 14.8. The highest BCUT2D eigenvalue weighted by Crippen LogP contribution is 2.40. The minimum Gasteiger partial charge on any atom is -0.308 e. The van der Waals surface area contributed by atoms with Gasteiger partial charge in [-0.25, -0.2) is 0 Å². The van der Waals surface area contributed by atoms with Crippen molar-refractivity contribution >= 4 is 229 Å². The molecular weight excluding hydrogens is 1720 g/mol. The Kier molecular flexibility index (Phi) is 8.03. The van der Waals surface area contributed by atoms with Gasteiger partial charge in [-0.2, -0.15) is 0 Å². The summed E-state index contributed by atoms with van der Waals surface area (Å²) in [5, 5.41) is -19.5. The zero-order valence-corrected chi connectivity index (χ0v) is 67.7. The molecule has 0 aliphatic heterocycles. The summed E-state index contributed by atoms with van der Waals surface area (Å²) >= 11 is 0. The minimum atomic E-state index is -1.38. The van der Waals surface area contributed by atoms with Gasteiger partial charge in [0, 0.05) is 131 Å². The molecule has 12 heterocycles. The second kappa shape index (κ2) is 28.2. The monoisotopic (exact) mass is 1840 g/mol. The quantitative estimate of drug-likeness (QED) is 0.119. The van der Waals surface area contributed by atoms with Crippen LogP contribution in [0.25, 0.3) is 262 Å². The number of fused-ring (bicyclic) bond motifs is 24. The van der Waals surface area contributed by atoms with Gasteiger partial charge in [-0.15, -0.1) is 0 Å². The van der Waals surface area contributed by atoms with Crippen LogP contribution >= 0.6 is 0 Å². The van der Waals surface area contributed by atoms with E-state index in [0.29, 0.717) is 0 Å². The molecule has 18 heteroatoms. The fourth-order valence-corrected chi connectivity index (χ4v) is 18.3. The molecule has 0 radical (unpaired) electrons. The molecule has 644 valence electrons.